The van der Waals surface area contributed by atoms with Crippen LogP contribution in [0.4, 0.5) is 5.69 Å². The van der Waals surface area contributed by atoms with Crippen molar-refractivity contribution in [3.05, 3.63) is 58.6 Å². The Morgan fingerprint density at radius 2 is 1.92 bits per heavy atom. The summed E-state index contributed by atoms with van der Waals surface area (Å²) in [6.45, 7) is 3.34. The Labute approximate surface area is 147 Å². The van der Waals surface area contributed by atoms with Crippen LogP contribution in [0.3, 0.4) is 0 Å². The minimum atomic E-state index is -3.66. The third-order valence-corrected chi connectivity index (χ3v) is 5.23. The third kappa shape index (κ3) is 5.06. The first-order valence-electron chi connectivity index (χ1n) is 7.40. The van der Waals surface area contributed by atoms with Crippen LogP contribution in [0.5, 0.6) is 0 Å². The van der Waals surface area contributed by atoms with Crippen LogP contribution in [0.2, 0.25) is 5.02 Å². The van der Waals surface area contributed by atoms with Gasteiger partial charge in [-0.15, -0.1) is 0 Å². The lowest BCUT2D eigenvalue weighted by atomic mass is 10.2. The number of amides is 1. The van der Waals surface area contributed by atoms with Crippen LogP contribution >= 0.6 is 11.6 Å². The second-order valence-corrected chi connectivity index (χ2v) is 7.61. The normalized spacial score (nSPS) is 11.3. The minimum absolute atomic E-state index is 0.153. The van der Waals surface area contributed by atoms with Gasteiger partial charge in [0, 0.05) is 24.2 Å². The number of nitrogens with one attached hydrogen (secondary N) is 2. The van der Waals surface area contributed by atoms with Crippen molar-refractivity contribution in [3.63, 3.8) is 0 Å². The van der Waals surface area contributed by atoms with Crippen molar-refractivity contribution >= 4 is 33.2 Å². The molecule has 2 rings (SSSR count). The van der Waals surface area contributed by atoms with Crippen molar-refractivity contribution < 1.29 is 13.2 Å². The molecular formula is C17H19ClN2O3S. The molecule has 128 valence electrons. The summed E-state index contributed by atoms with van der Waals surface area (Å²) in [5, 5.41) is 3.21. The Morgan fingerprint density at radius 1 is 1.17 bits per heavy atom. The topological polar surface area (TPSA) is 75.3 Å². The van der Waals surface area contributed by atoms with E-state index in [0.29, 0.717) is 22.7 Å². The van der Waals surface area contributed by atoms with Gasteiger partial charge in [-0.3, -0.25) is 4.79 Å². The number of benzene rings is 2. The van der Waals surface area contributed by atoms with Crippen molar-refractivity contribution in [2.75, 3.05) is 11.9 Å². The van der Waals surface area contributed by atoms with E-state index in [4.69, 9.17) is 11.6 Å². The van der Waals surface area contributed by atoms with Crippen LogP contribution in [0.1, 0.15) is 18.1 Å². The molecule has 0 aliphatic rings. The van der Waals surface area contributed by atoms with Gasteiger partial charge in [-0.25, -0.2) is 13.1 Å². The van der Waals surface area contributed by atoms with Gasteiger partial charge in [0.1, 0.15) is 0 Å². The molecule has 5 nitrogen and oxygen atoms in total. The molecule has 0 aliphatic heterocycles. The summed E-state index contributed by atoms with van der Waals surface area (Å²) in [7, 11) is -3.66. The van der Waals surface area contributed by atoms with Gasteiger partial charge in [0.25, 0.3) is 0 Å². The predicted octanol–water partition coefficient (Wildman–Crippen LogP) is 3.13. The molecule has 0 aliphatic carbocycles. The molecule has 2 aromatic carbocycles. The van der Waals surface area contributed by atoms with E-state index in [0.717, 1.165) is 5.56 Å². The first-order chi connectivity index (χ1) is 11.3. The first kappa shape index (κ1) is 18.4. The van der Waals surface area contributed by atoms with E-state index in [1.807, 2.05) is 12.1 Å². The van der Waals surface area contributed by atoms with Gasteiger partial charge >= 0.3 is 0 Å². The number of aryl methyl sites for hydroxylation is 1. The first-order valence-corrected chi connectivity index (χ1v) is 9.26. The average molecular weight is 367 g/mol. The summed E-state index contributed by atoms with van der Waals surface area (Å²) in [5.41, 5.74) is 2.01. The van der Waals surface area contributed by atoms with Crippen molar-refractivity contribution in [2.24, 2.45) is 0 Å². The number of carbonyl (C=O) groups excluding carboxylic acids is 1. The van der Waals surface area contributed by atoms with E-state index in [9.17, 15) is 13.2 Å². The number of rotatable bonds is 6. The molecule has 0 unspecified atom stereocenters. The third-order valence-electron chi connectivity index (χ3n) is 3.39. The molecular weight excluding hydrogens is 348 g/mol. The molecule has 1 amide bonds. The van der Waals surface area contributed by atoms with E-state index < -0.39 is 10.0 Å². The number of anilines is 1. The zero-order valence-corrected chi connectivity index (χ0v) is 15.0. The average Bonchev–Trinajstić information content (AvgIpc) is 2.48. The van der Waals surface area contributed by atoms with Gasteiger partial charge in [0.05, 0.1) is 4.90 Å². The lowest BCUT2D eigenvalue weighted by Crippen LogP contribution is -2.26. The molecule has 0 heterocycles. The lowest BCUT2D eigenvalue weighted by Gasteiger charge is -2.11. The maximum Gasteiger partial charge on any atom is 0.240 e. The Morgan fingerprint density at radius 3 is 2.58 bits per heavy atom. The fourth-order valence-corrected chi connectivity index (χ4v) is 3.78. The standard InChI is InChI=1S/C17H19ClN2O3S/c1-12-6-7-16(20-13(2)21)11-17(12)24(22,23)19-9-8-14-4-3-5-15(18)10-14/h3-7,10-11,19H,8-9H2,1-2H3,(H,20,21). The van der Waals surface area contributed by atoms with Gasteiger partial charge in [-0.05, 0) is 48.7 Å². The second kappa shape index (κ2) is 7.79. The fraction of sp³-hybridized carbons (Fsp3) is 0.235. The Bertz CT molecular complexity index is 851. The number of sulfonamides is 1. The second-order valence-electron chi connectivity index (χ2n) is 5.44. The number of hydrogen-bond donors (Lipinski definition) is 2. The Hall–Kier alpha value is -1.89. The Balaban J connectivity index is 2.10. The smallest absolute Gasteiger partial charge is 0.240 e. The van der Waals surface area contributed by atoms with Crippen LogP contribution in [0, 0.1) is 6.92 Å². The van der Waals surface area contributed by atoms with Crippen molar-refractivity contribution in [1.82, 2.24) is 4.72 Å². The van der Waals surface area contributed by atoms with Crippen LogP contribution in [0.15, 0.2) is 47.4 Å². The van der Waals surface area contributed by atoms with E-state index >= 15 is 0 Å². The molecule has 24 heavy (non-hydrogen) atoms. The molecule has 0 bridgehead atoms. The summed E-state index contributed by atoms with van der Waals surface area (Å²) in [6.07, 6.45) is 0.532. The number of hydrogen-bond acceptors (Lipinski definition) is 3. The Kier molecular flexibility index (Phi) is 5.99. The SMILES string of the molecule is CC(=O)Nc1ccc(C)c(S(=O)(=O)NCCc2cccc(Cl)c2)c1. The fourth-order valence-electron chi connectivity index (χ4n) is 2.27. The van der Waals surface area contributed by atoms with E-state index in [2.05, 4.69) is 10.0 Å². The molecule has 0 aromatic heterocycles. The maximum atomic E-state index is 12.5. The molecule has 0 saturated heterocycles. The number of halogens is 1. The molecule has 7 heteroatoms. The van der Waals surface area contributed by atoms with E-state index in [1.54, 1.807) is 31.2 Å². The number of carbonyl (C=O) groups is 1. The molecule has 2 aromatic rings. The largest absolute Gasteiger partial charge is 0.326 e. The van der Waals surface area contributed by atoms with Crippen molar-refractivity contribution in [2.45, 2.75) is 25.2 Å². The highest BCUT2D eigenvalue weighted by Gasteiger charge is 2.17. The quantitative estimate of drug-likeness (QED) is 0.824. The van der Waals surface area contributed by atoms with Gasteiger partial charge in [0.15, 0.2) is 0 Å². The van der Waals surface area contributed by atoms with Crippen molar-refractivity contribution in [1.29, 1.82) is 0 Å². The highest BCUT2D eigenvalue weighted by Crippen LogP contribution is 2.20. The summed E-state index contributed by atoms with van der Waals surface area (Å²) in [5.74, 6) is -0.254. The lowest BCUT2D eigenvalue weighted by molar-refractivity contribution is -0.114. The maximum absolute atomic E-state index is 12.5. The molecule has 2 N–H and O–H groups in total. The molecule has 0 radical (unpaired) electrons. The molecule has 0 atom stereocenters. The van der Waals surface area contributed by atoms with Crippen LogP contribution in [0.25, 0.3) is 0 Å². The molecule has 0 fully saturated rings. The predicted molar refractivity (Wildman–Crippen MR) is 95.8 cm³/mol. The van der Waals surface area contributed by atoms with Crippen LogP contribution < -0.4 is 10.0 Å². The van der Waals surface area contributed by atoms with Gasteiger partial charge < -0.3 is 5.32 Å². The summed E-state index contributed by atoms with van der Waals surface area (Å²) >= 11 is 5.92. The van der Waals surface area contributed by atoms with E-state index in [-0.39, 0.29) is 17.3 Å². The zero-order chi connectivity index (χ0) is 17.7. The van der Waals surface area contributed by atoms with Crippen LogP contribution in [-0.4, -0.2) is 20.9 Å². The summed E-state index contributed by atoms with van der Waals surface area (Å²) in [6, 6.07) is 12.1. The van der Waals surface area contributed by atoms with E-state index in [1.165, 1.54) is 13.0 Å². The highest BCUT2D eigenvalue weighted by molar-refractivity contribution is 7.89. The highest BCUT2D eigenvalue weighted by atomic mass is 35.5. The summed E-state index contributed by atoms with van der Waals surface area (Å²) in [4.78, 5) is 11.3. The van der Waals surface area contributed by atoms with Crippen LogP contribution in [-0.2, 0) is 21.2 Å². The zero-order valence-electron chi connectivity index (χ0n) is 13.5. The molecule has 0 saturated carbocycles. The monoisotopic (exact) mass is 366 g/mol. The summed E-state index contributed by atoms with van der Waals surface area (Å²) < 4.78 is 27.6. The minimum Gasteiger partial charge on any atom is -0.326 e. The van der Waals surface area contributed by atoms with Crippen molar-refractivity contribution in [3.8, 4) is 0 Å². The van der Waals surface area contributed by atoms with Gasteiger partial charge in [-0.1, -0.05) is 29.8 Å². The molecule has 0 spiro atoms. The van der Waals surface area contributed by atoms with Gasteiger partial charge in [0.2, 0.25) is 15.9 Å². The van der Waals surface area contributed by atoms with Gasteiger partial charge in [-0.2, -0.15) is 0 Å².